The van der Waals surface area contributed by atoms with Gasteiger partial charge < -0.3 is 29.9 Å². The topological polar surface area (TPSA) is 168 Å². The van der Waals surface area contributed by atoms with Crippen molar-refractivity contribution in [3.63, 3.8) is 0 Å². The molecule has 2 rings (SSSR count). The molecule has 0 aromatic heterocycles. The second-order valence-corrected chi connectivity index (χ2v) is 5.00. The van der Waals surface area contributed by atoms with Gasteiger partial charge in [-0.15, -0.1) is 0 Å². The van der Waals surface area contributed by atoms with Crippen LogP contribution >= 0.6 is 0 Å². The van der Waals surface area contributed by atoms with Gasteiger partial charge in [0.1, 0.15) is 33.8 Å². The molecule has 148 valence electrons. The Labute approximate surface area is 158 Å². The van der Waals surface area contributed by atoms with Gasteiger partial charge in [-0.1, -0.05) is 12.1 Å². The fourth-order valence-corrected chi connectivity index (χ4v) is 1.98. The van der Waals surface area contributed by atoms with Gasteiger partial charge in [0.25, 0.3) is 0 Å². The number of carboxylic acid groups (broad SMARTS) is 2. The third kappa shape index (κ3) is 4.97. The summed E-state index contributed by atoms with van der Waals surface area (Å²) in [5, 5.41) is 35.8. The molecule has 0 aliphatic heterocycles. The van der Waals surface area contributed by atoms with E-state index in [1.807, 2.05) is 0 Å². The third-order valence-electron chi connectivity index (χ3n) is 3.34. The van der Waals surface area contributed by atoms with E-state index < -0.39 is 46.5 Å². The molecule has 0 amide bonds. The summed E-state index contributed by atoms with van der Waals surface area (Å²) in [6, 6.07) is 7.68. The molecular formula is C18H16O10. The molecule has 0 spiro atoms. The van der Waals surface area contributed by atoms with Gasteiger partial charge >= 0.3 is 23.9 Å². The Morgan fingerprint density at radius 3 is 1.21 bits per heavy atom. The van der Waals surface area contributed by atoms with Gasteiger partial charge in [0.15, 0.2) is 0 Å². The summed E-state index contributed by atoms with van der Waals surface area (Å²) in [5.74, 6) is -5.29. The number of carbonyl (C=O) groups excluding carboxylic acids is 2. The molecule has 0 atom stereocenters. The number of phenolic OH excluding ortho intramolecular Hbond substituents is 1. The molecule has 0 saturated carbocycles. The number of hydrogen-bond acceptors (Lipinski definition) is 8. The number of ether oxygens (including phenoxy) is 2. The number of carboxylic acids is 2. The number of carbonyl (C=O) groups is 4. The maximum atomic E-state index is 11.2. The van der Waals surface area contributed by atoms with Gasteiger partial charge in [-0.3, -0.25) is 0 Å². The van der Waals surface area contributed by atoms with Gasteiger partial charge in [0.2, 0.25) is 0 Å². The zero-order chi connectivity index (χ0) is 21.4. The van der Waals surface area contributed by atoms with Crippen molar-refractivity contribution in [1.82, 2.24) is 0 Å². The zero-order valence-electron chi connectivity index (χ0n) is 14.7. The van der Waals surface area contributed by atoms with Crippen LogP contribution in [0.3, 0.4) is 0 Å². The van der Waals surface area contributed by atoms with E-state index in [-0.39, 0.29) is 11.1 Å². The summed E-state index contributed by atoms with van der Waals surface area (Å²) in [6.45, 7) is 0. The Kier molecular flexibility index (Phi) is 7.51. The largest absolute Gasteiger partial charge is 0.506 e. The highest BCUT2D eigenvalue weighted by molar-refractivity contribution is 6.00. The van der Waals surface area contributed by atoms with Gasteiger partial charge in [-0.2, -0.15) is 0 Å². The number of hydrogen-bond donors (Lipinski definition) is 4. The van der Waals surface area contributed by atoms with Crippen molar-refractivity contribution in [3.8, 4) is 11.5 Å². The summed E-state index contributed by atoms with van der Waals surface area (Å²) in [7, 11) is 2.37. The molecule has 0 aliphatic carbocycles. The molecule has 0 aliphatic rings. The SMILES string of the molecule is COC(=O)c1cccc(C(=O)OC)c1O.O=C(O)c1cccc(C(=O)O)c1O. The van der Waals surface area contributed by atoms with E-state index in [0.717, 1.165) is 12.1 Å². The van der Waals surface area contributed by atoms with Crippen molar-refractivity contribution >= 4 is 23.9 Å². The van der Waals surface area contributed by atoms with E-state index in [4.69, 9.17) is 15.3 Å². The van der Waals surface area contributed by atoms with Crippen molar-refractivity contribution in [2.75, 3.05) is 14.2 Å². The number of rotatable bonds is 4. The van der Waals surface area contributed by atoms with Crippen LogP contribution in [0.5, 0.6) is 11.5 Å². The molecule has 2 aromatic carbocycles. The minimum absolute atomic E-state index is 0.0691. The number of aromatic hydroxyl groups is 2. The summed E-state index contributed by atoms with van der Waals surface area (Å²) in [5.41, 5.74) is -0.972. The first-order chi connectivity index (χ1) is 13.1. The van der Waals surface area contributed by atoms with E-state index in [2.05, 4.69) is 9.47 Å². The number of benzene rings is 2. The first kappa shape index (κ1) is 22.0. The molecule has 2 aromatic rings. The summed E-state index contributed by atoms with van der Waals surface area (Å²) >= 11 is 0. The Hall–Kier alpha value is -4.08. The lowest BCUT2D eigenvalue weighted by Gasteiger charge is -2.06. The monoisotopic (exact) mass is 392 g/mol. The minimum atomic E-state index is -1.36. The van der Waals surface area contributed by atoms with E-state index in [0.29, 0.717) is 0 Å². The summed E-state index contributed by atoms with van der Waals surface area (Å²) < 4.78 is 8.87. The number of para-hydroxylation sites is 2. The predicted octanol–water partition coefficient (Wildman–Crippen LogP) is 1.75. The highest BCUT2D eigenvalue weighted by atomic mass is 16.5. The smallest absolute Gasteiger partial charge is 0.341 e. The molecule has 0 unspecified atom stereocenters. The second kappa shape index (κ2) is 9.57. The van der Waals surface area contributed by atoms with Crippen LogP contribution in [-0.4, -0.2) is 58.5 Å². The lowest BCUT2D eigenvalue weighted by atomic mass is 10.1. The summed E-state index contributed by atoms with van der Waals surface area (Å²) in [6.07, 6.45) is 0. The fraction of sp³-hybridized carbons (Fsp3) is 0.111. The van der Waals surface area contributed by atoms with Gasteiger partial charge in [-0.25, -0.2) is 19.2 Å². The molecule has 10 nitrogen and oxygen atoms in total. The lowest BCUT2D eigenvalue weighted by molar-refractivity contribution is 0.0588. The Bertz CT molecular complexity index is 850. The van der Waals surface area contributed by atoms with E-state index in [1.165, 1.54) is 38.5 Å². The number of esters is 2. The quantitative estimate of drug-likeness (QED) is 0.563. The van der Waals surface area contributed by atoms with Crippen molar-refractivity contribution in [3.05, 3.63) is 58.7 Å². The number of aromatic carboxylic acids is 2. The highest BCUT2D eigenvalue weighted by Crippen LogP contribution is 2.24. The van der Waals surface area contributed by atoms with Crippen LogP contribution in [0, 0.1) is 0 Å². The van der Waals surface area contributed by atoms with E-state index >= 15 is 0 Å². The number of phenols is 2. The third-order valence-corrected chi connectivity index (χ3v) is 3.34. The molecule has 4 N–H and O–H groups in total. The molecule has 0 saturated heterocycles. The van der Waals surface area contributed by atoms with E-state index in [1.54, 1.807) is 0 Å². The van der Waals surface area contributed by atoms with Crippen LogP contribution in [0.2, 0.25) is 0 Å². The first-order valence-electron chi connectivity index (χ1n) is 7.42. The van der Waals surface area contributed by atoms with Crippen LogP contribution in [0.25, 0.3) is 0 Å². The van der Waals surface area contributed by atoms with E-state index in [9.17, 15) is 24.3 Å². The zero-order valence-corrected chi connectivity index (χ0v) is 14.7. The van der Waals surface area contributed by atoms with Crippen molar-refractivity contribution in [2.24, 2.45) is 0 Å². The predicted molar refractivity (Wildman–Crippen MR) is 92.8 cm³/mol. The Morgan fingerprint density at radius 1 is 0.643 bits per heavy atom. The van der Waals surface area contributed by atoms with Gasteiger partial charge in [0.05, 0.1) is 14.2 Å². The van der Waals surface area contributed by atoms with Gasteiger partial charge in [-0.05, 0) is 24.3 Å². The van der Waals surface area contributed by atoms with Crippen LogP contribution < -0.4 is 0 Å². The molecule has 10 heteroatoms. The number of methoxy groups -OCH3 is 2. The molecule has 0 bridgehead atoms. The van der Waals surface area contributed by atoms with Crippen molar-refractivity contribution in [1.29, 1.82) is 0 Å². The van der Waals surface area contributed by atoms with Crippen LogP contribution in [0.4, 0.5) is 0 Å². The normalized spacial score (nSPS) is 9.50. The standard InChI is InChI=1S/C10H10O5.C8H6O5/c1-14-9(12)6-4-3-5-7(8(6)11)10(13)15-2;9-6-4(7(10)11)2-1-3-5(6)8(12)13/h3-5,11H,1-2H3;1-3,9H,(H,10,11)(H,12,13). The Morgan fingerprint density at radius 2 is 0.929 bits per heavy atom. The molecule has 0 heterocycles. The maximum absolute atomic E-state index is 11.2. The van der Waals surface area contributed by atoms with Crippen LogP contribution in [0.1, 0.15) is 41.4 Å². The second-order valence-electron chi connectivity index (χ2n) is 5.00. The maximum Gasteiger partial charge on any atom is 0.341 e. The molecule has 0 fully saturated rings. The lowest BCUT2D eigenvalue weighted by Crippen LogP contribution is -2.07. The minimum Gasteiger partial charge on any atom is -0.506 e. The summed E-state index contributed by atoms with van der Waals surface area (Å²) in [4.78, 5) is 43.2. The average molecular weight is 392 g/mol. The van der Waals surface area contributed by atoms with Crippen LogP contribution in [0.15, 0.2) is 36.4 Å². The fourth-order valence-electron chi connectivity index (χ4n) is 1.98. The Balaban J connectivity index is 0.000000283. The highest BCUT2D eigenvalue weighted by Gasteiger charge is 2.19. The molecule has 0 radical (unpaired) electrons. The van der Waals surface area contributed by atoms with Gasteiger partial charge in [0, 0.05) is 0 Å². The molecule has 28 heavy (non-hydrogen) atoms. The first-order valence-corrected chi connectivity index (χ1v) is 7.42. The average Bonchev–Trinajstić information content (AvgIpc) is 2.67. The molecular weight excluding hydrogens is 376 g/mol. The van der Waals surface area contributed by atoms with Crippen molar-refractivity contribution < 1.29 is 49.1 Å². The van der Waals surface area contributed by atoms with Crippen molar-refractivity contribution in [2.45, 2.75) is 0 Å². The van der Waals surface area contributed by atoms with Crippen LogP contribution in [-0.2, 0) is 9.47 Å².